The van der Waals surface area contributed by atoms with Gasteiger partial charge in [0.05, 0.1) is 27.6 Å². The average molecular weight is 1930 g/mol. The first-order valence-electron chi connectivity index (χ1n) is 54.5. The summed E-state index contributed by atoms with van der Waals surface area (Å²) in [6.07, 6.45) is 0. The molecule has 0 saturated carbocycles. The zero-order valence-electron chi connectivity index (χ0n) is 91.5. The van der Waals surface area contributed by atoms with E-state index in [9.17, 15) is 0 Å². The number of hydrogen-bond donors (Lipinski definition) is 0. The molecule has 148 heavy (non-hydrogen) atoms. The maximum Gasteiger partial charge on any atom is 0.0575 e. The second-order valence-electron chi connectivity index (χ2n) is 35.0. The van der Waals surface area contributed by atoms with E-state index in [1.807, 2.05) is 138 Å². The van der Waals surface area contributed by atoms with Gasteiger partial charge in [-0.3, -0.25) is 0 Å². The molecule has 0 aliphatic rings. The Bertz CT molecular complexity index is 9850. The van der Waals surface area contributed by atoms with E-state index in [0.29, 0.717) is 0 Å². The normalized spacial score (nSPS) is 10.9. The van der Waals surface area contributed by atoms with Gasteiger partial charge in [0.15, 0.2) is 0 Å². The molecule has 5 heterocycles. The second-order valence-corrected chi connectivity index (χ2v) is 35.0. The molecule has 0 aliphatic carbocycles. The molecule has 0 saturated heterocycles. The highest BCUT2D eigenvalue weighted by molar-refractivity contribution is 6.41. The van der Waals surface area contributed by atoms with Gasteiger partial charge in [0, 0.05) is 149 Å². The van der Waals surface area contributed by atoms with E-state index in [1.54, 1.807) is 0 Å². The lowest BCUT2D eigenvalue weighted by atomic mass is 9.91. The quantitative estimate of drug-likeness (QED) is 0.107. The second kappa shape index (κ2) is 46.8. The molecule has 0 atom stereocenters. The molecule has 30 rings (SSSR count). The predicted octanol–water partition coefficient (Wildman–Crippen LogP) is 43.7. The molecule has 25 aromatic carbocycles. The van der Waals surface area contributed by atoms with Crippen LogP contribution in [0.3, 0.4) is 0 Å². The van der Waals surface area contributed by atoms with Crippen molar-refractivity contribution in [2.24, 2.45) is 35.2 Å². The highest BCUT2D eigenvalue weighted by Gasteiger charge is 2.25. The number of para-hydroxylation sites is 5. The molecule has 5 heteroatoms. The monoisotopic (exact) mass is 1930 g/mol. The third-order valence-corrected chi connectivity index (χ3v) is 28.5. The van der Waals surface area contributed by atoms with Crippen molar-refractivity contribution in [2.75, 3.05) is 0 Å². The van der Waals surface area contributed by atoms with Crippen molar-refractivity contribution in [1.82, 2.24) is 22.8 Å². The van der Waals surface area contributed by atoms with Gasteiger partial charge in [-0.1, -0.05) is 496 Å². The Morgan fingerprint density at radius 3 is 0.689 bits per heavy atom. The topological polar surface area (TPSA) is 24.6 Å². The Balaban J connectivity index is 0.000000126. The first-order valence-corrected chi connectivity index (χ1v) is 54.5. The Morgan fingerprint density at radius 1 is 0.101 bits per heavy atom. The van der Waals surface area contributed by atoms with Crippen LogP contribution in [0, 0.1) is 0 Å². The van der Waals surface area contributed by atoms with E-state index in [-0.39, 0.29) is 0 Å². The maximum atomic E-state index is 2.37. The van der Waals surface area contributed by atoms with Crippen molar-refractivity contribution in [3.8, 4) is 0 Å². The Labute approximate surface area is 873 Å². The molecule has 30 aromatic rings. The molecule has 0 unspecified atom stereocenters. The Morgan fingerprint density at radius 2 is 0.297 bits per heavy atom. The molecule has 0 radical (unpaired) electrons. The first-order chi connectivity index (χ1) is 73.2. The van der Waals surface area contributed by atoms with Crippen LogP contribution in [-0.2, 0) is 35.2 Å². The van der Waals surface area contributed by atoms with Crippen molar-refractivity contribution in [1.29, 1.82) is 0 Å². The lowest BCUT2D eigenvalue weighted by Crippen LogP contribution is -1.90. The van der Waals surface area contributed by atoms with Crippen LogP contribution in [-0.4, -0.2) is 22.8 Å². The summed E-state index contributed by atoms with van der Waals surface area (Å²) >= 11 is 0. The number of rotatable bonds is 0. The standard InChI is InChI=1S/4C25H17N.C23H15N.10C2H6/c1-26-23-13-7-6-12-20(23)24-22-15-17-9-3-2-8-16(17)14-21(22)18-10-4-5-11-19(18)25(24)26;1-26-23-13-7-6-12-20(23)24-19-11-5-4-10-18(19)21-14-16-8-2-3-9-17(16)15-22(21)25(24)26;1-26-22-13-7-6-12-21(22)24-23-17-9-3-2-8-16(17)14-15-19(23)18-10-4-5-11-20(18)25(24)26;1-26-22-13-7-6-12-20(22)24-21-15-14-16-8-2-3-9-17(16)23(21)18-10-4-5-11-19(18)25(24)26;1-24-19-11-3-2-8-16(19)22-17-9-4-6-14-12-13-15-7-5-10-18(23(22)24)21(15)20(14)17;10*1-2/h4*2-15H,1H3;2-13H,1H3;10*1-2H3. The number of benzene rings is 25. The minimum atomic E-state index is 1.29. The summed E-state index contributed by atoms with van der Waals surface area (Å²) < 4.78 is 11.8. The largest absolute Gasteiger partial charge is 0.343 e. The molecule has 0 aliphatic heterocycles. The van der Waals surface area contributed by atoms with Gasteiger partial charge < -0.3 is 22.8 Å². The van der Waals surface area contributed by atoms with Crippen molar-refractivity contribution in [3.63, 3.8) is 0 Å². The zero-order chi connectivity index (χ0) is 105. The summed E-state index contributed by atoms with van der Waals surface area (Å²) in [7, 11) is 10.9. The first kappa shape index (κ1) is 104. The summed E-state index contributed by atoms with van der Waals surface area (Å²) in [6, 6.07) is 150. The van der Waals surface area contributed by atoms with Crippen LogP contribution in [0.2, 0.25) is 0 Å². The lowest BCUT2D eigenvalue weighted by Gasteiger charge is -2.13. The van der Waals surface area contributed by atoms with Gasteiger partial charge in [-0.15, -0.1) is 0 Å². The molecule has 5 nitrogen and oxygen atoms in total. The van der Waals surface area contributed by atoms with E-state index in [2.05, 4.69) is 471 Å². The number of aryl methyl sites for hydroxylation is 5. The number of hydrogen-bond acceptors (Lipinski definition) is 0. The minimum Gasteiger partial charge on any atom is -0.343 e. The molecule has 5 aromatic heterocycles. The zero-order valence-corrected chi connectivity index (χ0v) is 91.5. The maximum absolute atomic E-state index is 2.37. The van der Waals surface area contributed by atoms with Crippen molar-refractivity contribution in [2.45, 2.75) is 138 Å². The van der Waals surface area contributed by atoms with Gasteiger partial charge in [-0.25, -0.2) is 0 Å². The van der Waals surface area contributed by atoms with Crippen LogP contribution in [0.4, 0.5) is 0 Å². The van der Waals surface area contributed by atoms with Gasteiger partial charge in [0.2, 0.25) is 0 Å². The van der Waals surface area contributed by atoms with Gasteiger partial charge in [0.25, 0.3) is 0 Å². The SMILES string of the molecule is CC.CC.CC.CC.CC.CC.CC.CC.CC.CC.Cn1c2ccccc2c2c3c4ccccc4ccc3c3ccccc3c21.Cn1c2ccccc2c2c3cc4ccccc4cc3c3ccccc3c21.Cn1c2ccccc2c2c3ccc4ccccc4c3c3ccccc3c21.Cn1c2ccccc2c2c3cccc4ccc5cccc(c5c43)c21.Cn1c2ccccc2c2c3ccccc3c3cc4ccccc4cc3c21. The highest BCUT2D eigenvalue weighted by atomic mass is 15.0. The number of nitrogens with zero attached hydrogens (tertiary/aromatic N) is 5. The minimum absolute atomic E-state index is 1.29. The van der Waals surface area contributed by atoms with Crippen LogP contribution in [0.5, 0.6) is 0 Å². The molecule has 740 valence electrons. The third-order valence-electron chi connectivity index (χ3n) is 28.5. The van der Waals surface area contributed by atoms with Gasteiger partial charge in [0.1, 0.15) is 0 Å². The van der Waals surface area contributed by atoms with Crippen molar-refractivity contribution in [3.05, 3.63) is 413 Å². The van der Waals surface area contributed by atoms with E-state index >= 15 is 0 Å². The fourth-order valence-electron chi connectivity index (χ4n) is 23.0. The van der Waals surface area contributed by atoms with Crippen LogP contribution in [0.1, 0.15) is 138 Å². The summed E-state index contributed by atoms with van der Waals surface area (Å²) in [5.41, 5.74) is 13.1. The fourth-order valence-corrected chi connectivity index (χ4v) is 23.0. The van der Waals surface area contributed by atoms with Crippen LogP contribution in [0.25, 0.3) is 271 Å². The van der Waals surface area contributed by atoms with Crippen LogP contribution < -0.4 is 0 Å². The summed E-state index contributed by atoms with van der Waals surface area (Å²) in [5, 5.41) is 53.5. The smallest absolute Gasteiger partial charge is 0.0575 e. The van der Waals surface area contributed by atoms with Crippen molar-refractivity contribution < 1.29 is 0 Å². The number of fused-ring (bicyclic) bond motifs is 43. The van der Waals surface area contributed by atoms with Gasteiger partial charge in [-0.2, -0.15) is 0 Å². The molecule has 0 fully saturated rings. The van der Waals surface area contributed by atoms with E-state index in [1.165, 1.54) is 271 Å². The fraction of sp³-hybridized carbons (Fsp3) is 0.175. The molecule has 0 N–H and O–H groups in total. The molecular formula is C143H143N5. The summed E-state index contributed by atoms with van der Waals surface area (Å²) in [5.74, 6) is 0. The number of aromatic nitrogens is 5. The lowest BCUT2D eigenvalue weighted by molar-refractivity contribution is 1.02. The summed E-state index contributed by atoms with van der Waals surface area (Å²) in [4.78, 5) is 0. The summed E-state index contributed by atoms with van der Waals surface area (Å²) in [6.45, 7) is 40.0. The highest BCUT2D eigenvalue weighted by Crippen LogP contribution is 2.50. The van der Waals surface area contributed by atoms with Gasteiger partial charge in [-0.05, 0) is 184 Å². The van der Waals surface area contributed by atoms with Crippen LogP contribution in [0.15, 0.2) is 413 Å². The van der Waals surface area contributed by atoms with E-state index in [4.69, 9.17) is 0 Å². The predicted molar refractivity (Wildman–Crippen MR) is 669 cm³/mol. The Kier molecular flexibility index (Phi) is 33.0. The molecule has 0 spiro atoms. The Hall–Kier alpha value is -16.3. The molecule has 0 bridgehead atoms. The third kappa shape index (κ3) is 17.6. The molecular weight excluding hydrogens is 1790 g/mol. The van der Waals surface area contributed by atoms with E-state index < -0.39 is 0 Å². The molecule has 0 amide bonds. The van der Waals surface area contributed by atoms with Gasteiger partial charge >= 0.3 is 0 Å². The van der Waals surface area contributed by atoms with E-state index in [0.717, 1.165) is 0 Å². The van der Waals surface area contributed by atoms with Crippen LogP contribution >= 0.6 is 0 Å². The van der Waals surface area contributed by atoms with Crippen molar-refractivity contribution >= 4 is 271 Å². The average Bonchev–Trinajstić information content (AvgIpc) is 1.52.